The molecule has 0 aliphatic rings. The van der Waals surface area contributed by atoms with Crippen LogP contribution in [0.3, 0.4) is 0 Å². The molecule has 0 aliphatic heterocycles. The number of hydrogen-bond acceptors (Lipinski definition) is 2. The Balaban J connectivity index is 1.71. The number of benzene rings is 3. The number of halogens is 1. The van der Waals surface area contributed by atoms with Gasteiger partial charge in [0.15, 0.2) is 11.9 Å². The van der Waals surface area contributed by atoms with Crippen LogP contribution in [0.1, 0.15) is 30.0 Å². The van der Waals surface area contributed by atoms with Crippen LogP contribution in [0.4, 0.5) is 0 Å². The van der Waals surface area contributed by atoms with E-state index in [2.05, 4.69) is 41.8 Å². The van der Waals surface area contributed by atoms with Gasteiger partial charge in [0.05, 0.1) is 11.0 Å². The summed E-state index contributed by atoms with van der Waals surface area (Å²) in [5.74, 6) is 1.69. The molecule has 27 heavy (non-hydrogen) atoms. The zero-order valence-corrected chi connectivity index (χ0v) is 16.1. The van der Waals surface area contributed by atoms with Crippen molar-refractivity contribution in [1.29, 1.82) is 0 Å². The highest BCUT2D eigenvalue weighted by Gasteiger charge is 2.18. The highest BCUT2D eigenvalue weighted by atomic mass is 35.5. The van der Waals surface area contributed by atoms with Gasteiger partial charge in [0, 0.05) is 11.6 Å². The minimum Gasteiger partial charge on any atom is -0.483 e. The quantitative estimate of drug-likeness (QED) is 0.415. The molecule has 3 nitrogen and oxygen atoms in total. The maximum absolute atomic E-state index is 6.15. The monoisotopic (exact) mass is 376 g/mol. The van der Waals surface area contributed by atoms with E-state index in [1.807, 2.05) is 49.4 Å². The van der Waals surface area contributed by atoms with Crippen LogP contribution in [-0.4, -0.2) is 9.55 Å². The molecule has 0 fully saturated rings. The Hall–Kier alpha value is -2.78. The van der Waals surface area contributed by atoms with Crippen molar-refractivity contribution in [3.05, 3.63) is 94.8 Å². The van der Waals surface area contributed by atoms with Crippen molar-refractivity contribution >= 4 is 22.6 Å². The lowest BCUT2D eigenvalue weighted by molar-refractivity contribution is 0.212. The molecule has 0 bridgehead atoms. The second-order valence-corrected chi connectivity index (χ2v) is 7.18. The van der Waals surface area contributed by atoms with E-state index in [9.17, 15) is 0 Å². The number of aromatic nitrogens is 2. The minimum atomic E-state index is -0.191. The summed E-state index contributed by atoms with van der Waals surface area (Å²) in [6.45, 7) is 4.90. The van der Waals surface area contributed by atoms with Crippen molar-refractivity contribution < 1.29 is 4.74 Å². The molecule has 0 saturated heterocycles. The Bertz CT molecular complexity index is 1070. The maximum atomic E-state index is 6.15. The lowest BCUT2D eigenvalue weighted by Gasteiger charge is -2.17. The van der Waals surface area contributed by atoms with Gasteiger partial charge in [-0.3, -0.25) is 0 Å². The summed E-state index contributed by atoms with van der Waals surface area (Å²) in [4.78, 5) is 4.86. The second kappa shape index (κ2) is 7.45. The molecule has 3 aromatic carbocycles. The van der Waals surface area contributed by atoms with E-state index in [0.717, 1.165) is 29.2 Å². The van der Waals surface area contributed by atoms with E-state index in [1.54, 1.807) is 0 Å². The maximum Gasteiger partial charge on any atom is 0.153 e. The Morgan fingerprint density at radius 2 is 1.78 bits per heavy atom. The first kappa shape index (κ1) is 17.6. The molecule has 0 radical (unpaired) electrons. The van der Waals surface area contributed by atoms with Crippen molar-refractivity contribution in [2.24, 2.45) is 0 Å². The molecular formula is C23H21ClN2O. The summed E-state index contributed by atoms with van der Waals surface area (Å²) in [6.07, 6.45) is -0.191. The molecule has 0 saturated carbocycles. The minimum absolute atomic E-state index is 0.191. The Morgan fingerprint density at radius 1 is 1.00 bits per heavy atom. The third-order valence-corrected chi connectivity index (χ3v) is 4.85. The molecule has 0 spiro atoms. The summed E-state index contributed by atoms with van der Waals surface area (Å²) in [5.41, 5.74) is 4.59. The van der Waals surface area contributed by atoms with Crippen molar-refractivity contribution in [1.82, 2.24) is 9.55 Å². The predicted molar refractivity (Wildman–Crippen MR) is 111 cm³/mol. The molecule has 4 aromatic rings. The fourth-order valence-corrected chi connectivity index (χ4v) is 3.46. The van der Waals surface area contributed by atoms with Gasteiger partial charge in [-0.25, -0.2) is 4.98 Å². The van der Waals surface area contributed by atoms with Crippen LogP contribution in [0.25, 0.3) is 11.0 Å². The Morgan fingerprint density at radius 3 is 2.56 bits per heavy atom. The van der Waals surface area contributed by atoms with E-state index in [1.165, 1.54) is 11.1 Å². The average Bonchev–Trinajstić information content (AvgIpc) is 3.02. The number of para-hydroxylation sites is 2. The number of aryl methyl sites for hydroxylation is 1. The Kier molecular flexibility index (Phi) is 4.87. The number of nitrogens with zero attached hydrogens (tertiary/aromatic N) is 2. The summed E-state index contributed by atoms with van der Waals surface area (Å²) in [5, 5.41) is 0.696. The number of imidazole rings is 1. The molecule has 1 unspecified atom stereocenters. The molecule has 1 atom stereocenters. The SMILES string of the molecule is Cc1cccc(Cn2c(C(C)Oc3ccc(Cl)cc3)nc3ccccc32)c1. The molecule has 0 amide bonds. The van der Waals surface area contributed by atoms with Crippen molar-refractivity contribution in [3.63, 3.8) is 0 Å². The highest BCUT2D eigenvalue weighted by Crippen LogP contribution is 2.27. The highest BCUT2D eigenvalue weighted by molar-refractivity contribution is 6.30. The second-order valence-electron chi connectivity index (χ2n) is 6.75. The van der Waals surface area contributed by atoms with Crippen LogP contribution in [-0.2, 0) is 6.54 Å². The van der Waals surface area contributed by atoms with Gasteiger partial charge in [-0.15, -0.1) is 0 Å². The largest absolute Gasteiger partial charge is 0.483 e. The van der Waals surface area contributed by atoms with Gasteiger partial charge in [0.2, 0.25) is 0 Å². The van der Waals surface area contributed by atoms with E-state index in [0.29, 0.717) is 5.02 Å². The van der Waals surface area contributed by atoms with Gasteiger partial charge < -0.3 is 9.30 Å². The van der Waals surface area contributed by atoms with Crippen LogP contribution in [0.2, 0.25) is 5.02 Å². The molecule has 1 aromatic heterocycles. The molecule has 136 valence electrons. The number of fused-ring (bicyclic) bond motifs is 1. The fraction of sp³-hybridized carbons (Fsp3) is 0.174. The Labute approximate surface area is 164 Å². The van der Waals surface area contributed by atoms with Crippen molar-refractivity contribution in [2.45, 2.75) is 26.5 Å². The topological polar surface area (TPSA) is 27.1 Å². The summed E-state index contributed by atoms with van der Waals surface area (Å²) in [6, 6.07) is 24.2. The van der Waals surface area contributed by atoms with Crippen LogP contribution in [0, 0.1) is 6.92 Å². The van der Waals surface area contributed by atoms with E-state index in [-0.39, 0.29) is 6.10 Å². The smallest absolute Gasteiger partial charge is 0.153 e. The van der Waals surface area contributed by atoms with E-state index < -0.39 is 0 Å². The number of ether oxygens (including phenoxy) is 1. The third kappa shape index (κ3) is 3.83. The molecular weight excluding hydrogens is 356 g/mol. The van der Waals surface area contributed by atoms with Crippen LogP contribution < -0.4 is 4.74 Å². The summed E-state index contributed by atoms with van der Waals surface area (Å²) < 4.78 is 8.39. The van der Waals surface area contributed by atoms with E-state index in [4.69, 9.17) is 21.3 Å². The first-order valence-electron chi connectivity index (χ1n) is 9.03. The average molecular weight is 377 g/mol. The lowest BCUT2D eigenvalue weighted by atomic mass is 10.1. The molecule has 0 N–H and O–H groups in total. The molecule has 0 aliphatic carbocycles. The molecule has 1 heterocycles. The lowest BCUT2D eigenvalue weighted by Crippen LogP contribution is -2.12. The zero-order valence-electron chi connectivity index (χ0n) is 15.4. The van der Waals surface area contributed by atoms with E-state index >= 15 is 0 Å². The first-order chi connectivity index (χ1) is 13.1. The predicted octanol–water partition coefficient (Wildman–Crippen LogP) is 6.19. The van der Waals surface area contributed by atoms with Gasteiger partial charge in [-0.1, -0.05) is 53.6 Å². The standard InChI is InChI=1S/C23H21ClN2O/c1-16-6-5-7-18(14-16)15-26-22-9-4-3-8-21(22)25-23(26)17(2)27-20-12-10-19(24)11-13-20/h3-14,17H,15H2,1-2H3. The third-order valence-electron chi connectivity index (χ3n) is 4.60. The molecule has 4 rings (SSSR count). The van der Waals surface area contributed by atoms with Crippen LogP contribution >= 0.6 is 11.6 Å². The van der Waals surface area contributed by atoms with Gasteiger partial charge in [-0.05, 0) is 55.8 Å². The van der Waals surface area contributed by atoms with Gasteiger partial charge in [-0.2, -0.15) is 0 Å². The molecule has 4 heteroatoms. The number of hydrogen-bond donors (Lipinski definition) is 0. The summed E-state index contributed by atoms with van der Waals surface area (Å²) >= 11 is 5.97. The van der Waals surface area contributed by atoms with Crippen LogP contribution in [0.15, 0.2) is 72.8 Å². The van der Waals surface area contributed by atoms with Gasteiger partial charge in [0.25, 0.3) is 0 Å². The van der Waals surface area contributed by atoms with Crippen LogP contribution in [0.5, 0.6) is 5.75 Å². The van der Waals surface area contributed by atoms with Gasteiger partial charge >= 0.3 is 0 Å². The number of rotatable bonds is 5. The van der Waals surface area contributed by atoms with Crippen molar-refractivity contribution in [2.75, 3.05) is 0 Å². The first-order valence-corrected chi connectivity index (χ1v) is 9.41. The normalized spacial score (nSPS) is 12.3. The summed E-state index contributed by atoms with van der Waals surface area (Å²) in [7, 11) is 0. The van der Waals surface area contributed by atoms with Gasteiger partial charge in [0.1, 0.15) is 5.75 Å². The fourth-order valence-electron chi connectivity index (χ4n) is 3.33. The van der Waals surface area contributed by atoms with Crippen molar-refractivity contribution in [3.8, 4) is 5.75 Å². The zero-order chi connectivity index (χ0) is 18.8.